The first kappa shape index (κ1) is 12.9. The molecule has 20 heavy (non-hydrogen) atoms. The van der Waals surface area contributed by atoms with Crippen LogP contribution in [0.15, 0.2) is 35.9 Å². The summed E-state index contributed by atoms with van der Waals surface area (Å²) >= 11 is 0. The van der Waals surface area contributed by atoms with Crippen LogP contribution in [0.4, 0.5) is 5.69 Å². The Morgan fingerprint density at radius 1 is 1.25 bits per heavy atom. The molecule has 0 bridgehead atoms. The molecule has 1 fully saturated rings. The van der Waals surface area contributed by atoms with Crippen molar-refractivity contribution in [1.29, 1.82) is 0 Å². The van der Waals surface area contributed by atoms with Gasteiger partial charge in [-0.1, -0.05) is 31.2 Å². The van der Waals surface area contributed by atoms with Gasteiger partial charge in [0.2, 0.25) is 0 Å². The quantitative estimate of drug-likeness (QED) is 0.864. The number of carbonyl (C=O) groups excluding carboxylic acids is 1. The molecule has 1 saturated heterocycles. The fourth-order valence-corrected chi connectivity index (χ4v) is 2.55. The fraction of sp³-hybridized carbons (Fsp3) is 0.333. The van der Waals surface area contributed by atoms with E-state index in [9.17, 15) is 4.79 Å². The standard InChI is InChI=1S/C15H18N4O/c1-11-12-7-3-4-8-13(12)16-17-14(11)15(20)18-19-9-5-2-6-10-19/h3-4,7-8,16H,1-2,5-6,9-10H2,(H,18,20). The third-order valence-corrected chi connectivity index (χ3v) is 3.66. The molecule has 0 saturated carbocycles. The average molecular weight is 270 g/mol. The van der Waals surface area contributed by atoms with Gasteiger partial charge in [0, 0.05) is 24.2 Å². The Morgan fingerprint density at radius 3 is 2.80 bits per heavy atom. The smallest absolute Gasteiger partial charge is 0.283 e. The zero-order valence-corrected chi connectivity index (χ0v) is 11.4. The summed E-state index contributed by atoms with van der Waals surface area (Å²) in [5.74, 6) is -0.195. The van der Waals surface area contributed by atoms with Crippen LogP contribution in [0.1, 0.15) is 24.8 Å². The van der Waals surface area contributed by atoms with E-state index in [1.54, 1.807) is 0 Å². The predicted molar refractivity (Wildman–Crippen MR) is 80.1 cm³/mol. The number of para-hydroxylation sites is 1. The van der Waals surface area contributed by atoms with Crippen LogP contribution >= 0.6 is 0 Å². The summed E-state index contributed by atoms with van der Waals surface area (Å²) < 4.78 is 0. The molecular formula is C15H18N4O. The number of carbonyl (C=O) groups is 1. The van der Waals surface area contributed by atoms with Gasteiger partial charge in [0.15, 0.2) is 5.71 Å². The van der Waals surface area contributed by atoms with E-state index in [2.05, 4.69) is 22.5 Å². The van der Waals surface area contributed by atoms with E-state index in [1.807, 2.05) is 29.3 Å². The lowest BCUT2D eigenvalue weighted by molar-refractivity contribution is -0.119. The van der Waals surface area contributed by atoms with Gasteiger partial charge in [0.25, 0.3) is 5.91 Å². The van der Waals surface area contributed by atoms with Crippen LogP contribution in [0.2, 0.25) is 0 Å². The summed E-state index contributed by atoms with van der Waals surface area (Å²) in [6, 6.07) is 7.71. The number of benzene rings is 1. The molecule has 1 aromatic carbocycles. The number of hydrogen-bond acceptors (Lipinski definition) is 4. The maximum atomic E-state index is 12.3. The number of nitrogens with zero attached hydrogens (tertiary/aromatic N) is 2. The molecule has 2 aliphatic rings. The molecule has 0 aliphatic carbocycles. The monoisotopic (exact) mass is 270 g/mol. The molecule has 2 aliphatic heterocycles. The van der Waals surface area contributed by atoms with Gasteiger partial charge in [-0.05, 0) is 18.9 Å². The number of amides is 1. The lowest BCUT2D eigenvalue weighted by Crippen LogP contribution is -2.48. The Hall–Kier alpha value is -2.14. The third-order valence-electron chi connectivity index (χ3n) is 3.66. The van der Waals surface area contributed by atoms with Gasteiger partial charge in [-0.15, -0.1) is 0 Å². The second-order valence-electron chi connectivity index (χ2n) is 5.08. The van der Waals surface area contributed by atoms with Gasteiger partial charge in [-0.25, -0.2) is 5.01 Å². The normalized spacial score (nSPS) is 18.8. The van der Waals surface area contributed by atoms with Gasteiger partial charge in [0.1, 0.15) is 0 Å². The number of rotatable bonds is 2. The van der Waals surface area contributed by atoms with Crippen molar-refractivity contribution >= 4 is 22.9 Å². The summed E-state index contributed by atoms with van der Waals surface area (Å²) in [6.07, 6.45) is 3.47. The maximum absolute atomic E-state index is 12.3. The number of piperidine rings is 1. The van der Waals surface area contributed by atoms with Crippen molar-refractivity contribution < 1.29 is 4.79 Å². The Bertz CT molecular complexity index is 573. The van der Waals surface area contributed by atoms with Crippen molar-refractivity contribution in [3.05, 3.63) is 36.4 Å². The minimum atomic E-state index is -0.195. The van der Waals surface area contributed by atoms with E-state index in [0.29, 0.717) is 11.3 Å². The summed E-state index contributed by atoms with van der Waals surface area (Å²) in [4.78, 5) is 12.3. The molecule has 2 heterocycles. The molecule has 104 valence electrons. The molecule has 2 N–H and O–H groups in total. The number of nitrogens with one attached hydrogen (secondary N) is 2. The van der Waals surface area contributed by atoms with E-state index < -0.39 is 0 Å². The molecule has 1 aromatic rings. The van der Waals surface area contributed by atoms with Crippen LogP contribution in [0, 0.1) is 0 Å². The number of hydrogen-bond donors (Lipinski definition) is 2. The van der Waals surface area contributed by atoms with Crippen molar-refractivity contribution in [2.45, 2.75) is 19.3 Å². The molecule has 0 spiro atoms. The first-order chi connectivity index (χ1) is 9.75. The molecule has 1 amide bonds. The van der Waals surface area contributed by atoms with Crippen LogP contribution in [-0.2, 0) is 4.79 Å². The van der Waals surface area contributed by atoms with Crippen molar-refractivity contribution in [2.75, 3.05) is 18.5 Å². The summed E-state index contributed by atoms with van der Waals surface area (Å²) in [7, 11) is 0. The number of hydrazone groups is 1. The van der Waals surface area contributed by atoms with Gasteiger partial charge < -0.3 is 0 Å². The van der Waals surface area contributed by atoms with Crippen molar-refractivity contribution in [2.24, 2.45) is 5.10 Å². The fourth-order valence-electron chi connectivity index (χ4n) is 2.55. The minimum absolute atomic E-state index is 0.195. The summed E-state index contributed by atoms with van der Waals surface area (Å²) in [5, 5.41) is 6.11. The van der Waals surface area contributed by atoms with Crippen LogP contribution in [0.5, 0.6) is 0 Å². The number of fused-ring (bicyclic) bond motifs is 1. The summed E-state index contributed by atoms with van der Waals surface area (Å²) in [6.45, 7) is 5.80. The number of hydrazine groups is 1. The Labute approximate surface area is 118 Å². The molecule has 3 rings (SSSR count). The molecule has 0 unspecified atom stereocenters. The van der Waals surface area contributed by atoms with Crippen LogP contribution in [-0.4, -0.2) is 29.7 Å². The summed E-state index contributed by atoms with van der Waals surface area (Å²) in [5.41, 5.74) is 8.64. The Kier molecular flexibility index (Phi) is 3.52. The maximum Gasteiger partial charge on any atom is 0.286 e. The zero-order chi connectivity index (χ0) is 13.9. The van der Waals surface area contributed by atoms with Crippen molar-refractivity contribution in [1.82, 2.24) is 10.4 Å². The highest BCUT2D eigenvalue weighted by molar-refractivity contribution is 6.56. The largest absolute Gasteiger partial charge is 0.286 e. The molecular weight excluding hydrogens is 252 g/mol. The van der Waals surface area contributed by atoms with Crippen LogP contribution in [0.25, 0.3) is 5.57 Å². The Balaban J connectivity index is 1.73. The topological polar surface area (TPSA) is 56.7 Å². The van der Waals surface area contributed by atoms with Gasteiger partial charge in [-0.2, -0.15) is 5.10 Å². The lowest BCUT2D eigenvalue weighted by atomic mass is 9.99. The highest BCUT2D eigenvalue weighted by atomic mass is 16.2. The van der Waals surface area contributed by atoms with Crippen LogP contribution < -0.4 is 10.9 Å². The molecule has 0 atom stereocenters. The van der Waals surface area contributed by atoms with Gasteiger partial charge in [-0.3, -0.25) is 15.6 Å². The van der Waals surface area contributed by atoms with Crippen LogP contribution in [0.3, 0.4) is 0 Å². The third kappa shape index (κ3) is 2.44. The van der Waals surface area contributed by atoms with E-state index in [4.69, 9.17) is 0 Å². The van der Waals surface area contributed by atoms with E-state index in [0.717, 1.165) is 37.2 Å². The zero-order valence-electron chi connectivity index (χ0n) is 11.4. The lowest BCUT2D eigenvalue weighted by Gasteiger charge is -2.28. The predicted octanol–water partition coefficient (Wildman–Crippen LogP) is 2.00. The molecule has 0 radical (unpaired) electrons. The number of anilines is 1. The molecule has 0 aromatic heterocycles. The van der Waals surface area contributed by atoms with Gasteiger partial charge >= 0.3 is 0 Å². The highest BCUT2D eigenvalue weighted by Crippen LogP contribution is 2.27. The molecule has 5 heteroatoms. The van der Waals surface area contributed by atoms with Crippen molar-refractivity contribution in [3.63, 3.8) is 0 Å². The Morgan fingerprint density at radius 2 is 2.00 bits per heavy atom. The average Bonchev–Trinajstić information content (AvgIpc) is 2.49. The first-order valence-corrected chi connectivity index (χ1v) is 6.94. The van der Waals surface area contributed by atoms with Gasteiger partial charge in [0.05, 0.1) is 5.69 Å². The van der Waals surface area contributed by atoms with E-state index in [-0.39, 0.29) is 5.91 Å². The second-order valence-corrected chi connectivity index (χ2v) is 5.08. The second kappa shape index (κ2) is 5.46. The van der Waals surface area contributed by atoms with E-state index >= 15 is 0 Å². The van der Waals surface area contributed by atoms with Crippen molar-refractivity contribution in [3.8, 4) is 0 Å². The van der Waals surface area contributed by atoms with E-state index in [1.165, 1.54) is 6.42 Å². The SMILES string of the molecule is C=C1C(C(=O)NN2CCCCC2)=NNc2ccccc21. The minimum Gasteiger partial charge on any atom is -0.283 e. The first-order valence-electron chi connectivity index (χ1n) is 6.94. The molecule has 5 nitrogen and oxygen atoms in total. The highest BCUT2D eigenvalue weighted by Gasteiger charge is 2.24.